The molecule has 0 spiro atoms. The van der Waals surface area contributed by atoms with Crippen LogP contribution in [0.5, 0.6) is 11.8 Å². The Hall–Kier alpha value is -4.65. The van der Waals surface area contributed by atoms with Gasteiger partial charge >= 0.3 is 12.1 Å². The number of fused-ring (bicyclic) bond motifs is 3. The normalized spacial score (nSPS) is 21.2. The number of anilines is 1. The molecule has 0 unspecified atom stereocenters. The van der Waals surface area contributed by atoms with Crippen molar-refractivity contribution < 1.29 is 37.3 Å². The summed E-state index contributed by atoms with van der Waals surface area (Å²) in [6, 6.07) is 5.95. The summed E-state index contributed by atoms with van der Waals surface area (Å²) in [6.07, 6.45) is 1.51. The van der Waals surface area contributed by atoms with E-state index in [1.165, 1.54) is 24.3 Å². The molecule has 4 aromatic rings. The summed E-state index contributed by atoms with van der Waals surface area (Å²) in [5.41, 5.74) is 4.25. The van der Waals surface area contributed by atoms with Crippen molar-refractivity contribution in [2.75, 3.05) is 58.1 Å². The Morgan fingerprint density at radius 3 is 2.46 bits per heavy atom. The Kier molecular flexibility index (Phi) is 12.1. The molecule has 3 saturated heterocycles. The molecule has 1 N–H and O–H groups in total. The smallest absolute Gasteiger partial charge is 0.407 e. The average Bonchev–Trinajstić information content (AvgIpc) is 3.72. The molecule has 5 heterocycles. The summed E-state index contributed by atoms with van der Waals surface area (Å²) >= 11 is 0. The summed E-state index contributed by atoms with van der Waals surface area (Å²) in [5.74, 6) is 2.68. The molecule has 3 atom stereocenters. The van der Waals surface area contributed by atoms with Crippen molar-refractivity contribution in [2.45, 2.75) is 102 Å². The third-order valence-electron chi connectivity index (χ3n) is 13.0. The molecule has 3 fully saturated rings. The van der Waals surface area contributed by atoms with Gasteiger partial charge in [0.05, 0.1) is 16.5 Å². The molecular weight excluding hydrogens is 778 g/mol. The topological polar surface area (TPSA) is 113 Å². The Morgan fingerprint density at radius 2 is 1.78 bits per heavy atom. The van der Waals surface area contributed by atoms with Gasteiger partial charge in [-0.1, -0.05) is 53.5 Å². The molecule has 3 aliphatic heterocycles. The van der Waals surface area contributed by atoms with Crippen LogP contribution in [0.2, 0.25) is 16.6 Å². The highest BCUT2D eigenvalue weighted by Crippen LogP contribution is 2.44. The van der Waals surface area contributed by atoms with Crippen LogP contribution in [-0.4, -0.2) is 115 Å². The first-order valence-electron chi connectivity index (χ1n) is 20.6. The fourth-order valence-corrected chi connectivity index (χ4v) is 15.3. The van der Waals surface area contributed by atoms with E-state index in [-0.39, 0.29) is 67.4 Å². The van der Waals surface area contributed by atoms with Gasteiger partial charge in [0, 0.05) is 62.9 Å². The minimum Gasteiger partial charge on any atom is -0.468 e. The number of aromatic nitrogens is 3. The number of alkyl halides is 1. The summed E-state index contributed by atoms with van der Waals surface area (Å²) in [4.78, 5) is 31.4. The number of ether oxygens (including phenoxy) is 3. The largest absolute Gasteiger partial charge is 0.468 e. The standard InChI is InChI=1S/C44H55F3N6O5Si/c1-26(2)59(27(3)4,28(5)6)17-12-33-36(46)11-10-30-18-32(58-25-56-8)19-34(37(30)33)39-38(47)40-35(21-48-39)41(53-16-15-51(43(54)55)22-29(53)7)50-42(49-40)57-24-44-13-9-14-52(44)23-31(45)20-44/h10-11,18-19,21,26-29,31H,9,13-16,20,22-25H2,1-8H3,(H,54,55)/t29-,31+,44-/m0/s1. The first-order valence-corrected chi connectivity index (χ1v) is 22.9. The van der Waals surface area contributed by atoms with Crippen molar-refractivity contribution in [2.24, 2.45) is 0 Å². The maximum absolute atomic E-state index is 17.6. The monoisotopic (exact) mass is 832 g/mol. The maximum Gasteiger partial charge on any atom is 0.407 e. The first-order chi connectivity index (χ1) is 28.1. The van der Waals surface area contributed by atoms with Crippen molar-refractivity contribution in [1.29, 1.82) is 0 Å². The van der Waals surface area contributed by atoms with E-state index in [4.69, 9.17) is 24.2 Å². The second-order valence-electron chi connectivity index (χ2n) is 17.3. The predicted octanol–water partition coefficient (Wildman–Crippen LogP) is 8.82. The molecule has 0 radical (unpaired) electrons. The molecule has 2 aromatic carbocycles. The third-order valence-corrected chi connectivity index (χ3v) is 19.2. The second kappa shape index (κ2) is 16.8. The highest BCUT2D eigenvalue weighted by Gasteiger charge is 2.49. The molecular formula is C44H55F3N6O5Si. The van der Waals surface area contributed by atoms with Crippen LogP contribution in [0.15, 0.2) is 30.5 Å². The highest BCUT2D eigenvalue weighted by molar-refractivity contribution is 6.90. The lowest BCUT2D eigenvalue weighted by Crippen LogP contribution is -2.53. The van der Waals surface area contributed by atoms with Gasteiger partial charge in [0.1, 0.15) is 49.4 Å². The number of carboxylic acid groups (broad SMARTS) is 1. The quantitative estimate of drug-likeness (QED) is 0.0894. The van der Waals surface area contributed by atoms with E-state index in [2.05, 4.69) is 62.9 Å². The van der Waals surface area contributed by atoms with E-state index in [1.807, 2.05) is 11.8 Å². The zero-order chi connectivity index (χ0) is 42.4. The Balaban J connectivity index is 1.43. The van der Waals surface area contributed by atoms with Gasteiger partial charge in [-0.25, -0.2) is 18.0 Å². The molecule has 0 saturated carbocycles. The lowest BCUT2D eigenvalue weighted by molar-refractivity contribution is 0.0512. The number of halogens is 3. The van der Waals surface area contributed by atoms with Gasteiger partial charge in [-0.2, -0.15) is 9.97 Å². The Bertz CT molecular complexity index is 2280. The molecule has 11 nitrogen and oxygen atoms in total. The SMILES string of the molecule is COCOc1cc(-c2ncc3c(N4CCN(C(=O)O)C[C@@H]4C)nc(OC[C@@]45CCCN4C[C@H](F)C5)nc3c2F)c2c(C#C[Si](C(C)C)(C(C)C)C(C)C)c(F)ccc2c1. The number of carbonyl (C=O) groups is 1. The number of methoxy groups -OCH3 is 1. The number of hydrogen-bond donors (Lipinski definition) is 1. The van der Waals surface area contributed by atoms with Crippen LogP contribution in [-0.2, 0) is 4.74 Å². The van der Waals surface area contributed by atoms with Crippen LogP contribution in [0.4, 0.5) is 23.8 Å². The van der Waals surface area contributed by atoms with Gasteiger partial charge in [-0.15, -0.1) is 5.54 Å². The molecule has 0 aliphatic carbocycles. The van der Waals surface area contributed by atoms with E-state index >= 15 is 8.78 Å². The van der Waals surface area contributed by atoms with Gasteiger partial charge < -0.3 is 29.1 Å². The van der Waals surface area contributed by atoms with E-state index < -0.39 is 37.5 Å². The molecule has 7 rings (SSSR count). The summed E-state index contributed by atoms with van der Waals surface area (Å²) in [6.45, 7) is 16.9. The van der Waals surface area contributed by atoms with Gasteiger partial charge in [-0.3, -0.25) is 9.88 Å². The van der Waals surface area contributed by atoms with Crippen molar-refractivity contribution in [3.05, 3.63) is 47.7 Å². The van der Waals surface area contributed by atoms with Crippen molar-refractivity contribution >= 4 is 41.7 Å². The molecule has 3 aliphatic rings. The van der Waals surface area contributed by atoms with Crippen LogP contribution >= 0.6 is 0 Å². The van der Waals surface area contributed by atoms with Gasteiger partial charge in [0.15, 0.2) is 12.6 Å². The zero-order valence-electron chi connectivity index (χ0n) is 35.2. The van der Waals surface area contributed by atoms with Crippen LogP contribution in [0.3, 0.4) is 0 Å². The van der Waals surface area contributed by atoms with E-state index in [0.29, 0.717) is 57.3 Å². The summed E-state index contributed by atoms with van der Waals surface area (Å²) in [7, 11) is -0.827. The number of benzene rings is 2. The van der Waals surface area contributed by atoms with Crippen LogP contribution in [0, 0.1) is 23.1 Å². The maximum atomic E-state index is 17.6. The lowest BCUT2D eigenvalue weighted by atomic mass is 9.95. The molecule has 1 amide bonds. The molecule has 15 heteroatoms. The number of piperazine rings is 1. The van der Waals surface area contributed by atoms with Gasteiger partial charge in [0.25, 0.3) is 0 Å². The van der Waals surface area contributed by atoms with E-state index in [0.717, 1.165) is 19.4 Å². The molecule has 316 valence electrons. The van der Waals surface area contributed by atoms with Crippen LogP contribution in [0.25, 0.3) is 32.9 Å². The third kappa shape index (κ3) is 7.79. The van der Waals surface area contributed by atoms with E-state index in [9.17, 15) is 14.3 Å². The number of hydrogen-bond acceptors (Lipinski definition) is 9. The van der Waals surface area contributed by atoms with Crippen molar-refractivity contribution in [3.8, 4) is 34.5 Å². The van der Waals surface area contributed by atoms with Crippen molar-refractivity contribution in [1.82, 2.24) is 24.8 Å². The molecule has 2 aromatic heterocycles. The Labute approximate surface area is 345 Å². The highest BCUT2D eigenvalue weighted by atomic mass is 28.3. The summed E-state index contributed by atoms with van der Waals surface area (Å²) in [5, 5.41) is 11.0. The minimum atomic E-state index is -2.32. The molecule has 59 heavy (non-hydrogen) atoms. The first kappa shape index (κ1) is 42.5. The van der Waals surface area contributed by atoms with Gasteiger partial charge in [0.2, 0.25) is 0 Å². The average molecular weight is 833 g/mol. The number of nitrogens with zero attached hydrogens (tertiary/aromatic N) is 6. The van der Waals surface area contributed by atoms with Gasteiger partial charge in [-0.05, 0) is 66.5 Å². The van der Waals surface area contributed by atoms with Crippen LogP contribution < -0.4 is 14.4 Å². The number of pyridine rings is 1. The van der Waals surface area contributed by atoms with E-state index in [1.54, 1.807) is 18.2 Å². The lowest BCUT2D eigenvalue weighted by Gasteiger charge is -2.39. The Morgan fingerprint density at radius 1 is 1.03 bits per heavy atom. The molecule has 0 bridgehead atoms. The minimum absolute atomic E-state index is 0.0790. The second-order valence-corrected chi connectivity index (χ2v) is 22.9. The zero-order valence-corrected chi connectivity index (χ0v) is 36.2. The fourth-order valence-electron chi connectivity index (χ4n) is 10.1. The fraction of sp³-hybridized carbons (Fsp3) is 0.545. The van der Waals surface area contributed by atoms with Crippen LogP contribution in [0.1, 0.15) is 73.3 Å². The number of amides is 1. The predicted molar refractivity (Wildman–Crippen MR) is 226 cm³/mol. The summed E-state index contributed by atoms with van der Waals surface area (Å²) < 4.78 is 66.0. The number of rotatable bonds is 11. The van der Waals surface area contributed by atoms with Crippen molar-refractivity contribution in [3.63, 3.8) is 0 Å².